The molecular weight excluding hydrogens is 332 g/mol. The molecule has 1 aromatic carbocycles. The van der Waals surface area contributed by atoms with E-state index in [4.69, 9.17) is 9.47 Å². The molecule has 1 unspecified atom stereocenters. The SMILES string of the molecule is CCOC(=O)C1CN(C(=O)OC(C)(C)C)CC=C1NCc1ccccc1. The molecule has 1 aromatic rings. The fourth-order valence-corrected chi connectivity index (χ4v) is 2.66. The average Bonchev–Trinajstić information content (AvgIpc) is 2.59. The first-order valence-electron chi connectivity index (χ1n) is 8.92. The molecule has 142 valence electrons. The number of carbonyl (C=O) groups excluding carboxylic acids is 2. The summed E-state index contributed by atoms with van der Waals surface area (Å²) in [5.74, 6) is -0.882. The van der Waals surface area contributed by atoms with Gasteiger partial charge < -0.3 is 19.7 Å². The van der Waals surface area contributed by atoms with Crippen molar-refractivity contribution in [2.24, 2.45) is 5.92 Å². The van der Waals surface area contributed by atoms with Gasteiger partial charge in [-0.1, -0.05) is 30.3 Å². The highest BCUT2D eigenvalue weighted by Gasteiger charge is 2.33. The van der Waals surface area contributed by atoms with Crippen molar-refractivity contribution in [2.75, 3.05) is 19.7 Å². The second kappa shape index (κ2) is 8.74. The van der Waals surface area contributed by atoms with Crippen LogP contribution >= 0.6 is 0 Å². The van der Waals surface area contributed by atoms with Crippen molar-refractivity contribution in [1.82, 2.24) is 10.2 Å². The first-order valence-corrected chi connectivity index (χ1v) is 8.92. The number of ether oxygens (including phenoxy) is 2. The minimum absolute atomic E-state index is 0.237. The van der Waals surface area contributed by atoms with Gasteiger partial charge in [0.05, 0.1) is 6.61 Å². The van der Waals surface area contributed by atoms with Crippen molar-refractivity contribution in [3.05, 3.63) is 47.7 Å². The summed E-state index contributed by atoms with van der Waals surface area (Å²) in [5, 5.41) is 3.32. The lowest BCUT2D eigenvalue weighted by atomic mass is 10.0. The zero-order valence-corrected chi connectivity index (χ0v) is 16.0. The summed E-state index contributed by atoms with van der Waals surface area (Å²) in [6, 6.07) is 9.94. The number of nitrogens with zero attached hydrogens (tertiary/aromatic N) is 1. The second-order valence-electron chi connectivity index (χ2n) is 7.19. The molecule has 0 spiro atoms. The third kappa shape index (κ3) is 5.79. The Hall–Kier alpha value is -2.50. The predicted octanol–water partition coefficient (Wildman–Crippen LogP) is 3.09. The van der Waals surface area contributed by atoms with Gasteiger partial charge in [-0.3, -0.25) is 4.79 Å². The van der Waals surface area contributed by atoms with Crippen molar-refractivity contribution in [2.45, 2.75) is 39.8 Å². The van der Waals surface area contributed by atoms with E-state index in [0.717, 1.165) is 11.3 Å². The van der Waals surface area contributed by atoms with Crippen LogP contribution in [0.1, 0.15) is 33.3 Å². The zero-order valence-electron chi connectivity index (χ0n) is 16.0. The Morgan fingerprint density at radius 3 is 2.54 bits per heavy atom. The molecule has 1 heterocycles. The first kappa shape index (κ1) is 19.8. The van der Waals surface area contributed by atoms with Gasteiger partial charge in [-0.25, -0.2) is 4.79 Å². The number of rotatable bonds is 5. The van der Waals surface area contributed by atoms with E-state index in [-0.39, 0.29) is 12.5 Å². The molecule has 0 aromatic heterocycles. The van der Waals surface area contributed by atoms with E-state index in [1.807, 2.05) is 57.2 Å². The van der Waals surface area contributed by atoms with Crippen LogP contribution in [0.15, 0.2) is 42.1 Å². The predicted molar refractivity (Wildman–Crippen MR) is 99.3 cm³/mol. The highest BCUT2D eigenvalue weighted by molar-refractivity contribution is 5.78. The largest absolute Gasteiger partial charge is 0.465 e. The Kier molecular flexibility index (Phi) is 6.66. The van der Waals surface area contributed by atoms with Gasteiger partial charge in [0.1, 0.15) is 11.5 Å². The molecule has 1 aliphatic heterocycles. The molecule has 0 bridgehead atoms. The molecule has 1 N–H and O–H groups in total. The number of hydrogen-bond donors (Lipinski definition) is 1. The van der Waals surface area contributed by atoms with Gasteiger partial charge in [-0.2, -0.15) is 0 Å². The number of amides is 1. The van der Waals surface area contributed by atoms with Crippen LogP contribution in [0.2, 0.25) is 0 Å². The monoisotopic (exact) mass is 360 g/mol. The van der Waals surface area contributed by atoms with Crippen LogP contribution < -0.4 is 5.32 Å². The fourth-order valence-electron chi connectivity index (χ4n) is 2.66. The van der Waals surface area contributed by atoms with Crippen molar-refractivity contribution in [3.8, 4) is 0 Å². The van der Waals surface area contributed by atoms with Crippen LogP contribution in [0.5, 0.6) is 0 Å². The fraction of sp³-hybridized carbons (Fsp3) is 0.500. The molecule has 6 nitrogen and oxygen atoms in total. The van der Waals surface area contributed by atoms with E-state index in [1.54, 1.807) is 6.92 Å². The second-order valence-corrected chi connectivity index (χ2v) is 7.19. The molecule has 1 amide bonds. The van der Waals surface area contributed by atoms with Crippen LogP contribution in [0.3, 0.4) is 0 Å². The van der Waals surface area contributed by atoms with Crippen molar-refractivity contribution < 1.29 is 19.1 Å². The Labute approximate surface area is 155 Å². The summed E-state index contributed by atoms with van der Waals surface area (Å²) < 4.78 is 10.6. The first-order chi connectivity index (χ1) is 12.3. The van der Waals surface area contributed by atoms with Crippen LogP contribution in [-0.2, 0) is 20.8 Å². The third-order valence-corrected chi connectivity index (χ3v) is 3.87. The quantitative estimate of drug-likeness (QED) is 0.817. The minimum atomic E-state index is -0.577. The summed E-state index contributed by atoms with van der Waals surface area (Å²) in [5.41, 5.74) is 1.32. The summed E-state index contributed by atoms with van der Waals surface area (Å²) >= 11 is 0. The van der Waals surface area contributed by atoms with Gasteiger partial charge in [0, 0.05) is 25.3 Å². The normalized spacial score (nSPS) is 17.3. The molecule has 26 heavy (non-hydrogen) atoms. The van der Waals surface area contributed by atoms with E-state index in [1.165, 1.54) is 4.90 Å². The Morgan fingerprint density at radius 1 is 1.23 bits per heavy atom. The van der Waals surface area contributed by atoms with Crippen LogP contribution in [-0.4, -0.2) is 42.3 Å². The summed E-state index contributed by atoms with van der Waals surface area (Å²) in [4.78, 5) is 26.2. The topological polar surface area (TPSA) is 67.9 Å². The van der Waals surface area contributed by atoms with E-state index in [2.05, 4.69) is 5.32 Å². The van der Waals surface area contributed by atoms with E-state index in [0.29, 0.717) is 19.7 Å². The van der Waals surface area contributed by atoms with Gasteiger partial charge in [0.2, 0.25) is 0 Å². The maximum absolute atomic E-state index is 12.4. The highest BCUT2D eigenvalue weighted by atomic mass is 16.6. The van der Waals surface area contributed by atoms with Crippen LogP contribution in [0.25, 0.3) is 0 Å². The maximum atomic E-state index is 12.4. The molecule has 1 aliphatic rings. The van der Waals surface area contributed by atoms with E-state index >= 15 is 0 Å². The number of hydrogen-bond acceptors (Lipinski definition) is 5. The smallest absolute Gasteiger partial charge is 0.410 e. The molecule has 6 heteroatoms. The van der Waals surface area contributed by atoms with E-state index < -0.39 is 17.6 Å². The van der Waals surface area contributed by atoms with Crippen molar-refractivity contribution in [3.63, 3.8) is 0 Å². The molecule has 0 aliphatic carbocycles. The lowest BCUT2D eigenvalue weighted by molar-refractivity contribution is -0.147. The van der Waals surface area contributed by atoms with Crippen molar-refractivity contribution in [1.29, 1.82) is 0 Å². The van der Waals surface area contributed by atoms with Gasteiger partial charge >= 0.3 is 12.1 Å². The van der Waals surface area contributed by atoms with Crippen LogP contribution in [0, 0.1) is 5.92 Å². The molecule has 0 saturated carbocycles. The molecular formula is C20H28N2O4. The number of benzene rings is 1. The minimum Gasteiger partial charge on any atom is -0.465 e. The lowest BCUT2D eigenvalue weighted by Crippen LogP contribution is -2.46. The van der Waals surface area contributed by atoms with Gasteiger partial charge in [0.15, 0.2) is 0 Å². The lowest BCUT2D eigenvalue weighted by Gasteiger charge is -2.33. The van der Waals surface area contributed by atoms with Gasteiger partial charge in [-0.15, -0.1) is 0 Å². The average molecular weight is 360 g/mol. The van der Waals surface area contributed by atoms with Crippen molar-refractivity contribution >= 4 is 12.1 Å². The summed E-state index contributed by atoms with van der Waals surface area (Å²) in [7, 11) is 0. The molecule has 2 rings (SSSR count). The number of esters is 1. The van der Waals surface area contributed by atoms with Crippen LogP contribution in [0.4, 0.5) is 4.79 Å². The van der Waals surface area contributed by atoms with Gasteiger partial charge in [0.25, 0.3) is 0 Å². The highest BCUT2D eigenvalue weighted by Crippen LogP contribution is 2.21. The third-order valence-electron chi connectivity index (χ3n) is 3.87. The zero-order chi connectivity index (χ0) is 19.2. The van der Waals surface area contributed by atoms with E-state index in [9.17, 15) is 9.59 Å². The summed E-state index contributed by atoms with van der Waals surface area (Å²) in [6.45, 7) is 8.76. The van der Waals surface area contributed by atoms with Gasteiger partial charge in [-0.05, 0) is 39.3 Å². The standard InChI is InChI=1S/C20H28N2O4/c1-5-25-18(23)16-14-22(19(24)26-20(2,3)4)12-11-17(16)21-13-15-9-7-6-8-10-15/h6-11,16,21H,5,12-14H2,1-4H3. The Morgan fingerprint density at radius 2 is 1.92 bits per heavy atom. The molecule has 0 radical (unpaired) electrons. The Balaban J connectivity index is 2.09. The molecule has 1 atom stereocenters. The Bertz CT molecular complexity index is 650. The number of carbonyl (C=O) groups is 2. The number of nitrogens with one attached hydrogen (secondary N) is 1. The summed E-state index contributed by atoms with van der Waals surface area (Å²) in [6.07, 6.45) is 1.43. The maximum Gasteiger partial charge on any atom is 0.410 e. The molecule has 0 fully saturated rings. The molecule has 0 saturated heterocycles.